The number of allylic oxidation sites excluding steroid dienone is 1. The molecule has 6 heteroatoms. The van der Waals surface area contributed by atoms with Gasteiger partial charge in [0.1, 0.15) is 0 Å². The van der Waals surface area contributed by atoms with Gasteiger partial charge >= 0.3 is 0 Å². The Morgan fingerprint density at radius 3 is 2.35 bits per heavy atom. The molecule has 0 unspecified atom stereocenters. The summed E-state index contributed by atoms with van der Waals surface area (Å²) in [6, 6.07) is 32.1. The van der Waals surface area contributed by atoms with E-state index in [-0.39, 0.29) is 25.6 Å². The Morgan fingerprint density at radius 2 is 1.59 bits per heavy atom. The molecule has 5 heterocycles. The van der Waals surface area contributed by atoms with E-state index in [2.05, 4.69) is 95.1 Å². The van der Waals surface area contributed by atoms with E-state index in [1.807, 2.05) is 43.5 Å². The molecule has 7 aromatic rings. The van der Waals surface area contributed by atoms with Crippen molar-refractivity contribution in [2.45, 2.75) is 89.5 Å². The summed E-state index contributed by atoms with van der Waals surface area (Å²) < 4.78 is 8.49. The van der Waals surface area contributed by atoms with E-state index in [9.17, 15) is 0 Å². The van der Waals surface area contributed by atoms with Crippen LogP contribution in [-0.2, 0) is 25.6 Å². The maximum absolute atomic E-state index is 6.10. The van der Waals surface area contributed by atoms with Gasteiger partial charge in [0.25, 0.3) is 0 Å². The van der Waals surface area contributed by atoms with Crippen molar-refractivity contribution < 1.29 is 24.5 Å². The van der Waals surface area contributed by atoms with Crippen LogP contribution < -0.4 is 0 Å². The van der Waals surface area contributed by atoms with Gasteiger partial charge in [0.2, 0.25) is 5.71 Å². The Hall–Kier alpha value is -4.38. The molecule has 0 bridgehead atoms. The largest absolute Gasteiger partial charge is 0.486 e. The maximum atomic E-state index is 6.10. The van der Waals surface area contributed by atoms with Gasteiger partial charge in [-0.2, -0.15) is 0 Å². The van der Waals surface area contributed by atoms with Crippen molar-refractivity contribution in [1.82, 2.24) is 19.5 Å². The fourth-order valence-corrected chi connectivity index (χ4v) is 8.53. The van der Waals surface area contributed by atoms with Crippen LogP contribution in [0.25, 0.3) is 61.8 Å². The van der Waals surface area contributed by atoms with Gasteiger partial charge < -0.3 is 14.0 Å². The molecule has 0 atom stereocenters. The Balaban J connectivity index is 0.000000144. The van der Waals surface area contributed by atoms with Gasteiger partial charge in [-0.15, -0.1) is 54.1 Å². The predicted molar refractivity (Wildman–Crippen MR) is 203 cm³/mol. The maximum Gasteiger partial charge on any atom is 0.216 e. The minimum Gasteiger partial charge on any atom is -0.486 e. The standard InChI is InChI=1S/C23H23N2.C22H19N2O.Ir/c1-23(2)13-12-18-14-19(16-8-6-7-9-16)15-20-21(18)25(23)22(24-20)17-10-4-3-5-11-17;1-14-9-10-18-17-7-4-8-19(21(17)25-22(18)24-14)20-13-16(11-12-23-20)15-5-2-3-6-15;/h3-5,10,12-16H,6-9H2,1-2H3;4,7,9-13,15H,2-3,5-6H2,1H3;/q2*-1;. The van der Waals surface area contributed by atoms with Crippen LogP contribution in [0.1, 0.15) is 99.4 Å². The molecule has 1 aliphatic heterocycles. The number of aryl methyl sites for hydroxylation is 1. The van der Waals surface area contributed by atoms with Crippen molar-refractivity contribution in [1.29, 1.82) is 0 Å². The molecule has 10 rings (SSSR count). The molecule has 51 heavy (non-hydrogen) atoms. The Labute approximate surface area is 313 Å². The van der Waals surface area contributed by atoms with Crippen molar-refractivity contribution in [3.8, 4) is 22.6 Å². The number of hydrogen-bond acceptors (Lipinski definition) is 4. The normalized spacial score (nSPS) is 16.8. The zero-order valence-corrected chi connectivity index (χ0v) is 31.9. The van der Waals surface area contributed by atoms with Crippen LogP contribution in [-0.4, -0.2) is 19.5 Å². The molecule has 0 amide bonds. The smallest absolute Gasteiger partial charge is 0.216 e. The molecule has 0 saturated heterocycles. The van der Waals surface area contributed by atoms with Crippen LogP contribution in [0, 0.1) is 19.1 Å². The number of benzene rings is 3. The van der Waals surface area contributed by atoms with E-state index in [4.69, 9.17) is 9.40 Å². The zero-order valence-electron chi connectivity index (χ0n) is 29.5. The van der Waals surface area contributed by atoms with Gasteiger partial charge in [-0.3, -0.25) is 4.98 Å². The second-order valence-corrected chi connectivity index (χ2v) is 15.0. The first-order valence-electron chi connectivity index (χ1n) is 18.3. The van der Waals surface area contributed by atoms with E-state index in [0.29, 0.717) is 17.5 Å². The monoisotopic (exact) mass is 847 g/mol. The number of nitrogens with zero attached hydrogens (tertiary/aromatic N) is 4. The van der Waals surface area contributed by atoms with Crippen molar-refractivity contribution in [3.63, 3.8) is 0 Å². The minimum absolute atomic E-state index is 0. The number of hydrogen-bond donors (Lipinski definition) is 0. The average molecular weight is 847 g/mol. The average Bonchev–Trinajstić information content (AvgIpc) is 3.97. The van der Waals surface area contributed by atoms with Crippen LogP contribution in [0.15, 0.2) is 89.5 Å². The summed E-state index contributed by atoms with van der Waals surface area (Å²) in [6.45, 7) is 6.49. The molecule has 2 saturated carbocycles. The van der Waals surface area contributed by atoms with E-state index in [0.717, 1.165) is 50.2 Å². The van der Waals surface area contributed by atoms with Crippen molar-refractivity contribution in [2.75, 3.05) is 0 Å². The van der Waals surface area contributed by atoms with Crippen LogP contribution >= 0.6 is 0 Å². The molecule has 1 radical (unpaired) electrons. The van der Waals surface area contributed by atoms with Crippen molar-refractivity contribution in [3.05, 3.63) is 120 Å². The Morgan fingerprint density at radius 1 is 0.804 bits per heavy atom. The fraction of sp³-hybridized carbons (Fsp3) is 0.311. The molecule has 2 aliphatic carbocycles. The molecular weight excluding hydrogens is 805 g/mol. The van der Waals surface area contributed by atoms with Crippen LogP contribution in [0.4, 0.5) is 0 Å². The van der Waals surface area contributed by atoms with Gasteiger partial charge in [-0.25, -0.2) is 4.98 Å². The number of fused-ring (bicyclic) bond motifs is 3. The first-order chi connectivity index (χ1) is 24.4. The molecule has 2 fully saturated rings. The Kier molecular flexibility index (Phi) is 9.02. The summed E-state index contributed by atoms with van der Waals surface area (Å²) in [5.74, 6) is 2.40. The summed E-state index contributed by atoms with van der Waals surface area (Å²) in [7, 11) is 0. The summed E-state index contributed by atoms with van der Waals surface area (Å²) in [5.41, 5.74) is 11.9. The summed E-state index contributed by atoms with van der Waals surface area (Å²) in [6.07, 6.45) is 17.1. The molecule has 5 nitrogen and oxygen atoms in total. The van der Waals surface area contributed by atoms with Crippen LogP contribution in [0.2, 0.25) is 0 Å². The fourth-order valence-electron chi connectivity index (χ4n) is 8.53. The van der Waals surface area contributed by atoms with Gasteiger partial charge in [0.05, 0.1) is 28.0 Å². The molecule has 4 aromatic heterocycles. The predicted octanol–water partition coefficient (Wildman–Crippen LogP) is 11.7. The third-order valence-electron chi connectivity index (χ3n) is 11.1. The van der Waals surface area contributed by atoms with Gasteiger partial charge in [0.15, 0.2) is 0 Å². The van der Waals surface area contributed by atoms with Gasteiger partial charge in [0, 0.05) is 37.4 Å². The summed E-state index contributed by atoms with van der Waals surface area (Å²) in [4.78, 5) is 14.2. The van der Waals surface area contributed by atoms with Crippen molar-refractivity contribution >= 4 is 39.2 Å². The first-order valence-corrected chi connectivity index (χ1v) is 18.3. The number of aromatic nitrogens is 4. The number of rotatable bonds is 4. The molecular formula is C45H42IrN4O-2. The summed E-state index contributed by atoms with van der Waals surface area (Å²) in [5, 5.41) is 2.12. The molecule has 3 aliphatic rings. The van der Waals surface area contributed by atoms with E-state index >= 15 is 0 Å². The van der Waals surface area contributed by atoms with E-state index < -0.39 is 0 Å². The summed E-state index contributed by atoms with van der Waals surface area (Å²) >= 11 is 0. The number of imidazole rings is 1. The molecule has 259 valence electrons. The quantitative estimate of drug-likeness (QED) is 0.166. The first kappa shape index (κ1) is 33.7. The SMILES string of the molecule is CC1(C)C=Cc2cc(C3CCCC3)cc3nc(-c4[c-]cccc4)n1c23.Cc1ccc2c(n1)oc1c(-c3cc(C4CCCC4)ccn3)[c-]ccc12.[Ir]. The van der Waals surface area contributed by atoms with E-state index in [1.165, 1.54) is 73.6 Å². The van der Waals surface area contributed by atoms with Crippen LogP contribution in [0.5, 0.6) is 0 Å². The Bertz CT molecular complexity index is 2390. The van der Waals surface area contributed by atoms with Gasteiger partial charge in [-0.05, 0) is 105 Å². The number of furan rings is 1. The van der Waals surface area contributed by atoms with Crippen LogP contribution in [0.3, 0.4) is 0 Å². The topological polar surface area (TPSA) is 56.7 Å². The van der Waals surface area contributed by atoms with Crippen molar-refractivity contribution in [2.24, 2.45) is 0 Å². The number of pyridine rings is 2. The third kappa shape index (κ3) is 6.17. The van der Waals surface area contributed by atoms with Gasteiger partial charge in [-0.1, -0.05) is 60.4 Å². The minimum atomic E-state index is -0.0877. The third-order valence-corrected chi connectivity index (χ3v) is 11.1. The molecule has 3 aromatic carbocycles. The zero-order chi connectivity index (χ0) is 33.8. The molecule has 0 spiro atoms. The second-order valence-electron chi connectivity index (χ2n) is 15.0. The van der Waals surface area contributed by atoms with E-state index in [1.54, 1.807) is 0 Å². The molecule has 0 N–H and O–H groups in total. The second kappa shape index (κ2) is 13.6.